The third-order valence-electron chi connectivity index (χ3n) is 7.32. The van der Waals surface area contributed by atoms with E-state index in [4.69, 9.17) is 4.98 Å². The summed E-state index contributed by atoms with van der Waals surface area (Å²) in [6.45, 7) is 6.30. The minimum Gasteiger partial charge on any atom is -0.351 e. The number of carbonyl (C=O) groups is 1. The molecule has 1 fully saturated rings. The number of rotatable bonds is 4. The Hall–Kier alpha value is -3.82. The monoisotopic (exact) mass is 471 g/mol. The topological polar surface area (TPSA) is 107 Å². The van der Waals surface area contributed by atoms with Gasteiger partial charge in [-0.05, 0) is 51.2 Å². The van der Waals surface area contributed by atoms with Crippen LogP contribution < -0.4 is 5.32 Å². The molecule has 0 atom stereocenters. The second kappa shape index (κ2) is 8.75. The molecule has 1 amide bonds. The standard InChI is InChI=1S/C25H29N9O/c1-16-4-3-5-20-23(16)30-31-34(20)21-10-11-26-25(29-21)28-19-8-6-18(7-9-19)24(35)32-12-13-33-17(2)14-27-22(33)15-32/h3-5,10-11,14,18-19H,6-9,12-13,15H2,1-2H3,(H,26,28,29). The minimum atomic E-state index is 0.0765. The highest BCUT2D eigenvalue weighted by Gasteiger charge is 2.32. The second-order valence-corrected chi connectivity index (χ2v) is 9.60. The van der Waals surface area contributed by atoms with Gasteiger partial charge in [0.1, 0.15) is 11.3 Å². The number of carbonyl (C=O) groups excluding carboxylic acids is 1. The normalized spacial score (nSPS) is 20.1. The van der Waals surface area contributed by atoms with Crippen molar-refractivity contribution in [3.05, 3.63) is 53.7 Å². The Bertz CT molecular complexity index is 1380. The number of hydrogen-bond acceptors (Lipinski definition) is 7. The summed E-state index contributed by atoms with van der Waals surface area (Å²) in [5, 5.41) is 12.1. The Morgan fingerprint density at radius 3 is 2.77 bits per heavy atom. The summed E-state index contributed by atoms with van der Waals surface area (Å²) in [5.74, 6) is 2.59. The molecular formula is C25H29N9O. The van der Waals surface area contributed by atoms with Crippen molar-refractivity contribution in [2.45, 2.75) is 58.7 Å². The van der Waals surface area contributed by atoms with Gasteiger partial charge in [-0.1, -0.05) is 17.3 Å². The fourth-order valence-corrected chi connectivity index (χ4v) is 5.31. The number of nitrogens with one attached hydrogen (secondary N) is 1. The summed E-state index contributed by atoms with van der Waals surface area (Å²) in [6, 6.07) is 8.09. The zero-order valence-electron chi connectivity index (χ0n) is 20.1. The Morgan fingerprint density at radius 1 is 1.06 bits per heavy atom. The van der Waals surface area contributed by atoms with Crippen molar-refractivity contribution < 1.29 is 4.79 Å². The Balaban J connectivity index is 1.08. The van der Waals surface area contributed by atoms with Gasteiger partial charge in [0.25, 0.3) is 0 Å². The molecule has 3 aromatic heterocycles. The summed E-state index contributed by atoms with van der Waals surface area (Å²) >= 11 is 0. The molecule has 10 heteroatoms. The second-order valence-electron chi connectivity index (χ2n) is 9.60. The van der Waals surface area contributed by atoms with Crippen LogP contribution in [0.4, 0.5) is 5.95 Å². The summed E-state index contributed by atoms with van der Waals surface area (Å²) < 4.78 is 3.96. The number of aryl methyl sites for hydroxylation is 2. The minimum absolute atomic E-state index is 0.0765. The lowest BCUT2D eigenvalue weighted by Gasteiger charge is -2.34. The van der Waals surface area contributed by atoms with Gasteiger partial charge in [0, 0.05) is 49.2 Å². The fourth-order valence-electron chi connectivity index (χ4n) is 5.31. The Morgan fingerprint density at radius 2 is 1.91 bits per heavy atom. The lowest BCUT2D eigenvalue weighted by atomic mass is 9.85. The smallest absolute Gasteiger partial charge is 0.226 e. The van der Waals surface area contributed by atoms with Crippen LogP contribution in [0.25, 0.3) is 16.9 Å². The van der Waals surface area contributed by atoms with Crippen LogP contribution in [-0.2, 0) is 17.9 Å². The van der Waals surface area contributed by atoms with E-state index in [0.717, 1.165) is 66.9 Å². The quantitative estimate of drug-likeness (QED) is 0.487. The summed E-state index contributed by atoms with van der Waals surface area (Å²) in [7, 11) is 0. The summed E-state index contributed by atoms with van der Waals surface area (Å²) in [4.78, 5) is 28.7. The SMILES string of the molecule is Cc1cccc2c1nnn2-c1ccnc(NC2CCC(C(=O)N3CCn4c(C)cnc4C3)CC2)n1. The van der Waals surface area contributed by atoms with E-state index >= 15 is 0 Å². The molecule has 4 heterocycles. The first-order valence-corrected chi connectivity index (χ1v) is 12.3. The highest BCUT2D eigenvalue weighted by atomic mass is 16.2. The number of anilines is 1. The molecule has 0 saturated heterocycles. The molecule has 1 aliphatic carbocycles. The molecule has 180 valence electrons. The molecule has 6 rings (SSSR count). The molecule has 2 aliphatic rings. The van der Waals surface area contributed by atoms with E-state index in [1.54, 1.807) is 10.9 Å². The first-order valence-electron chi connectivity index (χ1n) is 12.3. The van der Waals surface area contributed by atoms with Gasteiger partial charge < -0.3 is 14.8 Å². The van der Waals surface area contributed by atoms with Gasteiger partial charge in [-0.3, -0.25) is 4.79 Å². The maximum Gasteiger partial charge on any atom is 0.226 e. The highest BCUT2D eigenvalue weighted by molar-refractivity contribution is 5.79. The van der Waals surface area contributed by atoms with Crippen LogP contribution in [0.3, 0.4) is 0 Å². The van der Waals surface area contributed by atoms with E-state index in [2.05, 4.69) is 37.1 Å². The van der Waals surface area contributed by atoms with Crippen LogP contribution in [0.1, 0.15) is 42.8 Å². The van der Waals surface area contributed by atoms with Crippen molar-refractivity contribution >= 4 is 22.9 Å². The fraction of sp³-hybridized carbons (Fsp3) is 0.440. The van der Waals surface area contributed by atoms with E-state index in [1.165, 1.54) is 0 Å². The van der Waals surface area contributed by atoms with Crippen LogP contribution in [0, 0.1) is 19.8 Å². The largest absolute Gasteiger partial charge is 0.351 e. The molecule has 0 unspecified atom stereocenters. The molecular weight excluding hydrogens is 442 g/mol. The lowest BCUT2D eigenvalue weighted by Crippen LogP contribution is -2.43. The molecule has 1 aromatic carbocycles. The molecule has 1 N–H and O–H groups in total. The van der Waals surface area contributed by atoms with E-state index in [-0.39, 0.29) is 17.9 Å². The van der Waals surface area contributed by atoms with Crippen LogP contribution >= 0.6 is 0 Å². The van der Waals surface area contributed by atoms with Crippen molar-refractivity contribution in [3.8, 4) is 5.82 Å². The van der Waals surface area contributed by atoms with Gasteiger partial charge >= 0.3 is 0 Å². The van der Waals surface area contributed by atoms with Gasteiger partial charge in [0.05, 0.1) is 12.1 Å². The predicted molar refractivity (Wildman–Crippen MR) is 131 cm³/mol. The maximum atomic E-state index is 13.2. The van der Waals surface area contributed by atoms with Crippen LogP contribution in [0.2, 0.25) is 0 Å². The molecule has 0 radical (unpaired) electrons. The number of nitrogens with zero attached hydrogens (tertiary/aromatic N) is 8. The van der Waals surface area contributed by atoms with Crippen molar-refractivity contribution in [2.75, 3.05) is 11.9 Å². The number of hydrogen-bond donors (Lipinski definition) is 1. The van der Waals surface area contributed by atoms with Crippen molar-refractivity contribution in [1.82, 2.24) is 39.4 Å². The molecule has 0 spiro atoms. The number of amides is 1. The van der Waals surface area contributed by atoms with E-state index in [0.29, 0.717) is 18.3 Å². The average molecular weight is 472 g/mol. The van der Waals surface area contributed by atoms with Crippen molar-refractivity contribution in [3.63, 3.8) is 0 Å². The number of benzene rings is 1. The maximum absolute atomic E-state index is 13.2. The Kier molecular flexibility index (Phi) is 5.43. The highest BCUT2D eigenvalue weighted by Crippen LogP contribution is 2.29. The molecule has 10 nitrogen and oxygen atoms in total. The average Bonchev–Trinajstić information content (AvgIpc) is 3.49. The predicted octanol–water partition coefficient (Wildman–Crippen LogP) is 3.04. The van der Waals surface area contributed by atoms with Crippen molar-refractivity contribution in [2.24, 2.45) is 5.92 Å². The van der Waals surface area contributed by atoms with Crippen molar-refractivity contribution in [1.29, 1.82) is 0 Å². The van der Waals surface area contributed by atoms with Crippen LogP contribution in [-0.4, -0.2) is 57.9 Å². The van der Waals surface area contributed by atoms with E-state index in [1.807, 2.05) is 42.3 Å². The third kappa shape index (κ3) is 4.02. The van der Waals surface area contributed by atoms with E-state index < -0.39 is 0 Å². The molecule has 1 aliphatic heterocycles. The number of imidazole rings is 1. The molecule has 1 saturated carbocycles. The third-order valence-corrected chi connectivity index (χ3v) is 7.32. The first kappa shape index (κ1) is 21.7. The Labute approximate surface area is 203 Å². The van der Waals surface area contributed by atoms with Gasteiger partial charge in [0.15, 0.2) is 5.82 Å². The summed E-state index contributed by atoms with van der Waals surface area (Å²) in [5.41, 5.74) is 4.04. The lowest BCUT2D eigenvalue weighted by molar-refractivity contribution is -0.138. The number of aromatic nitrogens is 7. The summed E-state index contributed by atoms with van der Waals surface area (Å²) in [6.07, 6.45) is 7.20. The first-order chi connectivity index (χ1) is 17.1. The van der Waals surface area contributed by atoms with Crippen LogP contribution in [0.5, 0.6) is 0 Å². The van der Waals surface area contributed by atoms with Crippen LogP contribution in [0.15, 0.2) is 36.7 Å². The molecule has 35 heavy (non-hydrogen) atoms. The van der Waals surface area contributed by atoms with E-state index in [9.17, 15) is 4.79 Å². The molecule has 0 bridgehead atoms. The van der Waals surface area contributed by atoms with Gasteiger partial charge in [-0.25, -0.2) is 9.97 Å². The van der Waals surface area contributed by atoms with Gasteiger partial charge in [-0.15, -0.1) is 5.10 Å². The molecule has 4 aromatic rings. The zero-order valence-corrected chi connectivity index (χ0v) is 20.1. The zero-order chi connectivity index (χ0) is 23.9. The van der Waals surface area contributed by atoms with Gasteiger partial charge in [-0.2, -0.15) is 9.67 Å². The van der Waals surface area contributed by atoms with Gasteiger partial charge in [0.2, 0.25) is 11.9 Å². The number of fused-ring (bicyclic) bond motifs is 2.